The predicted octanol–water partition coefficient (Wildman–Crippen LogP) is 1.86. The van der Waals surface area contributed by atoms with E-state index < -0.39 is 0 Å². The highest BCUT2D eigenvalue weighted by Gasteiger charge is 2.22. The van der Waals surface area contributed by atoms with Crippen LogP contribution in [-0.4, -0.2) is 55.1 Å². The minimum absolute atomic E-state index is 0.434. The molecule has 1 unspecified atom stereocenters. The summed E-state index contributed by atoms with van der Waals surface area (Å²) >= 11 is 5.08. The van der Waals surface area contributed by atoms with Crippen LogP contribution in [-0.2, 0) is 6.54 Å². The van der Waals surface area contributed by atoms with Crippen molar-refractivity contribution in [2.24, 2.45) is 5.73 Å². The second-order valence-corrected chi connectivity index (χ2v) is 6.33. The molecule has 4 nitrogen and oxygen atoms in total. The molecule has 1 heterocycles. The van der Waals surface area contributed by atoms with Crippen molar-refractivity contribution in [3.63, 3.8) is 0 Å². The number of nitrogens with zero attached hydrogens (tertiary/aromatic N) is 2. The average Bonchev–Trinajstić information content (AvgIpc) is 2.47. The number of rotatable bonds is 5. The summed E-state index contributed by atoms with van der Waals surface area (Å²) in [5, 5.41) is 0. The highest BCUT2D eigenvalue weighted by Crippen LogP contribution is 2.24. The lowest BCUT2D eigenvalue weighted by atomic mass is 10.0. The number of hydrogen-bond acceptors (Lipinski definition) is 4. The van der Waals surface area contributed by atoms with Crippen LogP contribution in [0.1, 0.15) is 24.0 Å². The summed E-state index contributed by atoms with van der Waals surface area (Å²) in [5.74, 6) is 0.905. The first kappa shape index (κ1) is 16.2. The van der Waals surface area contributed by atoms with Gasteiger partial charge < -0.3 is 15.4 Å². The summed E-state index contributed by atoms with van der Waals surface area (Å²) in [5.41, 5.74) is 7.80. The minimum atomic E-state index is 0.434. The molecule has 2 N–H and O–H groups in total. The number of methoxy groups -OCH3 is 1. The number of likely N-dealkylation sites (tertiary alicyclic amines) is 1. The lowest BCUT2D eigenvalue weighted by molar-refractivity contribution is 0.127. The van der Waals surface area contributed by atoms with Crippen molar-refractivity contribution in [1.82, 2.24) is 9.80 Å². The van der Waals surface area contributed by atoms with Crippen LogP contribution >= 0.6 is 12.2 Å². The van der Waals surface area contributed by atoms with E-state index in [2.05, 4.69) is 30.0 Å². The van der Waals surface area contributed by atoms with Gasteiger partial charge in [0.15, 0.2) is 0 Å². The molecule has 1 aliphatic heterocycles. The third-order valence-electron chi connectivity index (χ3n) is 4.17. The van der Waals surface area contributed by atoms with Gasteiger partial charge in [-0.25, -0.2) is 0 Å². The topological polar surface area (TPSA) is 41.7 Å². The lowest BCUT2D eigenvalue weighted by Crippen LogP contribution is -2.44. The largest absolute Gasteiger partial charge is 0.496 e. The van der Waals surface area contributed by atoms with E-state index in [1.54, 1.807) is 7.11 Å². The molecule has 1 aromatic carbocycles. The number of piperidine rings is 1. The van der Waals surface area contributed by atoms with E-state index in [4.69, 9.17) is 22.7 Å². The molecule has 1 atom stereocenters. The molecule has 0 aromatic heterocycles. The van der Waals surface area contributed by atoms with Gasteiger partial charge in [0.25, 0.3) is 0 Å². The van der Waals surface area contributed by atoms with Crippen LogP contribution < -0.4 is 10.5 Å². The predicted molar refractivity (Wildman–Crippen MR) is 90.9 cm³/mol. The molecule has 0 saturated carbocycles. The molecule has 0 amide bonds. The second-order valence-electron chi connectivity index (χ2n) is 5.89. The first-order chi connectivity index (χ1) is 10.0. The van der Waals surface area contributed by atoms with Crippen molar-refractivity contribution in [1.29, 1.82) is 0 Å². The fourth-order valence-electron chi connectivity index (χ4n) is 2.89. The minimum Gasteiger partial charge on any atom is -0.496 e. The van der Waals surface area contributed by atoms with Crippen molar-refractivity contribution in [2.45, 2.75) is 25.4 Å². The van der Waals surface area contributed by atoms with Crippen LogP contribution in [0.3, 0.4) is 0 Å². The third kappa shape index (κ3) is 4.15. The van der Waals surface area contributed by atoms with Gasteiger partial charge >= 0.3 is 0 Å². The quantitative estimate of drug-likeness (QED) is 0.841. The Bertz CT molecular complexity index is 504. The van der Waals surface area contributed by atoms with E-state index in [0.29, 0.717) is 11.0 Å². The molecule has 1 fully saturated rings. The van der Waals surface area contributed by atoms with Gasteiger partial charge in [0.05, 0.1) is 7.11 Å². The van der Waals surface area contributed by atoms with E-state index >= 15 is 0 Å². The summed E-state index contributed by atoms with van der Waals surface area (Å²) in [6.07, 6.45) is 2.51. The first-order valence-corrected chi connectivity index (χ1v) is 7.77. The zero-order chi connectivity index (χ0) is 15.4. The summed E-state index contributed by atoms with van der Waals surface area (Å²) in [7, 11) is 6.02. The van der Waals surface area contributed by atoms with Gasteiger partial charge in [-0.3, -0.25) is 4.90 Å². The average molecular weight is 307 g/mol. The standard InChI is InChI=1S/C16H25N3OS/c1-18(2)14-5-4-8-19(11-14)10-13-9-12(16(17)21)6-7-15(13)20-3/h6-7,9,14H,4-5,8,10-11H2,1-3H3,(H2,17,21). The molecule has 1 saturated heterocycles. The number of likely N-dealkylation sites (N-methyl/N-ethyl adjacent to an activating group) is 1. The molecule has 0 radical (unpaired) electrons. The first-order valence-electron chi connectivity index (χ1n) is 7.36. The summed E-state index contributed by atoms with van der Waals surface area (Å²) in [4.78, 5) is 5.23. The maximum Gasteiger partial charge on any atom is 0.123 e. The van der Waals surface area contributed by atoms with E-state index in [1.807, 2.05) is 12.1 Å². The summed E-state index contributed by atoms with van der Waals surface area (Å²) < 4.78 is 5.47. The Hall–Kier alpha value is -1.17. The van der Waals surface area contributed by atoms with Crippen molar-refractivity contribution in [3.05, 3.63) is 29.3 Å². The fourth-order valence-corrected chi connectivity index (χ4v) is 3.02. The molecule has 0 spiro atoms. The number of benzene rings is 1. The Kier molecular flexibility index (Phi) is 5.56. The number of ether oxygens (including phenoxy) is 1. The summed E-state index contributed by atoms with van der Waals surface area (Å²) in [6, 6.07) is 6.56. The monoisotopic (exact) mass is 307 g/mol. The SMILES string of the molecule is COc1ccc(C(N)=S)cc1CN1CCCC(N(C)C)C1. The smallest absolute Gasteiger partial charge is 0.123 e. The maximum atomic E-state index is 5.74. The van der Waals surface area contributed by atoms with Crippen molar-refractivity contribution in [2.75, 3.05) is 34.3 Å². The molecule has 0 aliphatic carbocycles. The number of nitrogens with two attached hydrogens (primary N) is 1. The van der Waals surface area contributed by atoms with Crippen LogP contribution in [0.2, 0.25) is 0 Å². The second kappa shape index (κ2) is 7.20. The molecule has 1 aromatic rings. The molecule has 116 valence electrons. The van der Waals surface area contributed by atoms with Crippen LogP contribution in [0.4, 0.5) is 0 Å². The molecular weight excluding hydrogens is 282 g/mol. The van der Waals surface area contributed by atoms with E-state index in [-0.39, 0.29) is 0 Å². The van der Waals surface area contributed by atoms with Gasteiger partial charge in [0, 0.05) is 30.3 Å². The molecule has 1 aliphatic rings. The van der Waals surface area contributed by atoms with Gasteiger partial charge in [-0.2, -0.15) is 0 Å². The van der Waals surface area contributed by atoms with Crippen molar-refractivity contribution in [3.8, 4) is 5.75 Å². The highest BCUT2D eigenvalue weighted by molar-refractivity contribution is 7.80. The van der Waals surface area contributed by atoms with Crippen LogP contribution in [0.25, 0.3) is 0 Å². The van der Waals surface area contributed by atoms with E-state index in [0.717, 1.165) is 36.5 Å². The Labute approximate surface area is 132 Å². The van der Waals surface area contributed by atoms with E-state index in [1.165, 1.54) is 12.8 Å². The van der Waals surface area contributed by atoms with Gasteiger partial charge in [0.1, 0.15) is 10.7 Å². The van der Waals surface area contributed by atoms with Crippen molar-refractivity contribution < 1.29 is 4.74 Å². The number of thiocarbonyl (C=S) groups is 1. The van der Waals surface area contributed by atoms with Crippen LogP contribution in [0, 0.1) is 0 Å². The van der Waals surface area contributed by atoms with Gasteiger partial charge in [-0.15, -0.1) is 0 Å². The normalized spacial score (nSPS) is 19.7. The Morgan fingerprint density at radius 2 is 2.24 bits per heavy atom. The number of hydrogen-bond donors (Lipinski definition) is 1. The molecular formula is C16H25N3OS. The Morgan fingerprint density at radius 3 is 2.86 bits per heavy atom. The zero-order valence-corrected chi connectivity index (χ0v) is 13.9. The molecule has 21 heavy (non-hydrogen) atoms. The molecule has 0 bridgehead atoms. The van der Waals surface area contributed by atoms with Crippen LogP contribution in [0.15, 0.2) is 18.2 Å². The van der Waals surface area contributed by atoms with Gasteiger partial charge in [-0.05, 0) is 51.7 Å². The zero-order valence-electron chi connectivity index (χ0n) is 13.1. The fraction of sp³-hybridized carbons (Fsp3) is 0.562. The molecule has 2 rings (SSSR count). The van der Waals surface area contributed by atoms with Gasteiger partial charge in [0.2, 0.25) is 0 Å². The van der Waals surface area contributed by atoms with Gasteiger partial charge in [-0.1, -0.05) is 12.2 Å². The maximum absolute atomic E-state index is 5.74. The Balaban J connectivity index is 2.14. The molecule has 5 heteroatoms. The van der Waals surface area contributed by atoms with Crippen molar-refractivity contribution >= 4 is 17.2 Å². The third-order valence-corrected chi connectivity index (χ3v) is 4.41. The highest BCUT2D eigenvalue weighted by atomic mass is 32.1. The lowest BCUT2D eigenvalue weighted by Gasteiger charge is -2.36. The summed E-state index contributed by atoms with van der Waals surface area (Å²) in [6.45, 7) is 3.10. The van der Waals surface area contributed by atoms with E-state index in [9.17, 15) is 0 Å². The Morgan fingerprint density at radius 1 is 1.48 bits per heavy atom. The van der Waals surface area contributed by atoms with Crippen LogP contribution in [0.5, 0.6) is 5.75 Å².